The number of carbonyl (C=O) groups is 1. The molecule has 1 aromatic heterocycles. The zero-order valence-corrected chi connectivity index (χ0v) is 11.9. The Kier molecular flexibility index (Phi) is 3.92. The Hall–Kier alpha value is -1.88. The van der Waals surface area contributed by atoms with Gasteiger partial charge in [-0.2, -0.15) is 0 Å². The van der Waals surface area contributed by atoms with E-state index in [1.807, 2.05) is 0 Å². The van der Waals surface area contributed by atoms with Crippen molar-refractivity contribution in [3.63, 3.8) is 0 Å². The van der Waals surface area contributed by atoms with Gasteiger partial charge in [0.05, 0.1) is 0 Å². The van der Waals surface area contributed by atoms with E-state index in [-0.39, 0.29) is 17.6 Å². The van der Waals surface area contributed by atoms with Crippen molar-refractivity contribution < 1.29 is 9.18 Å². The molecule has 4 N–H and O–H groups in total. The van der Waals surface area contributed by atoms with Crippen LogP contribution in [0.4, 0.5) is 4.39 Å². The van der Waals surface area contributed by atoms with Crippen LogP contribution < -0.4 is 11.1 Å². The van der Waals surface area contributed by atoms with Gasteiger partial charge in [-0.25, -0.2) is 4.39 Å². The van der Waals surface area contributed by atoms with Crippen LogP contribution in [-0.4, -0.2) is 24.0 Å². The summed E-state index contributed by atoms with van der Waals surface area (Å²) >= 11 is 0. The minimum absolute atomic E-state index is 0.0301. The Morgan fingerprint density at radius 2 is 2.33 bits per heavy atom. The van der Waals surface area contributed by atoms with Crippen LogP contribution in [0.25, 0.3) is 10.9 Å². The number of amides is 1. The highest BCUT2D eigenvalue weighted by Crippen LogP contribution is 2.32. The predicted molar refractivity (Wildman–Crippen MR) is 80.5 cm³/mol. The van der Waals surface area contributed by atoms with Crippen molar-refractivity contribution in [3.05, 3.63) is 35.3 Å². The standard InChI is InChI=1S/C16H20FN3O/c17-11-3-5-15-13(9-11)12-8-10(2-4-14(12)20-15)16(21)19-7-1-6-18/h3,5,9-10,20H,1-2,4,6-8,18H2,(H,19,21). The maximum absolute atomic E-state index is 13.4. The van der Waals surface area contributed by atoms with Gasteiger partial charge < -0.3 is 16.0 Å². The summed E-state index contributed by atoms with van der Waals surface area (Å²) in [5.41, 5.74) is 8.61. The Morgan fingerprint density at radius 1 is 1.48 bits per heavy atom. The summed E-state index contributed by atoms with van der Waals surface area (Å²) in [7, 11) is 0. The normalized spacial score (nSPS) is 17.7. The van der Waals surface area contributed by atoms with Gasteiger partial charge in [0.2, 0.25) is 5.91 Å². The Balaban J connectivity index is 1.79. The van der Waals surface area contributed by atoms with Gasteiger partial charge in [0.15, 0.2) is 0 Å². The summed E-state index contributed by atoms with van der Waals surface area (Å²) in [6, 6.07) is 4.78. The van der Waals surface area contributed by atoms with Crippen molar-refractivity contribution in [1.82, 2.24) is 10.3 Å². The molecule has 5 heteroatoms. The largest absolute Gasteiger partial charge is 0.358 e. The number of aromatic amines is 1. The number of carbonyl (C=O) groups excluding carboxylic acids is 1. The predicted octanol–water partition coefficient (Wildman–Crippen LogP) is 1.88. The van der Waals surface area contributed by atoms with E-state index >= 15 is 0 Å². The molecule has 1 unspecified atom stereocenters. The number of aryl methyl sites for hydroxylation is 1. The Bertz CT molecular complexity index is 665. The molecule has 1 aliphatic carbocycles. The molecule has 0 spiro atoms. The van der Waals surface area contributed by atoms with Crippen LogP contribution in [0.1, 0.15) is 24.1 Å². The van der Waals surface area contributed by atoms with Gasteiger partial charge in [-0.05, 0) is 56.0 Å². The summed E-state index contributed by atoms with van der Waals surface area (Å²) in [6.07, 6.45) is 3.13. The molecule has 0 radical (unpaired) electrons. The van der Waals surface area contributed by atoms with E-state index in [9.17, 15) is 9.18 Å². The molecule has 0 saturated carbocycles. The van der Waals surface area contributed by atoms with Gasteiger partial charge in [-0.15, -0.1) is 0 Å². The second-order valence-corrected chi connectivity index (χ2v) is 5.64. The molecule has 1 heterocycles. The van der Waals surface area contributed by atoms with Gasteiger partial charge in [0.25, 0.3) is 0 Å². The lowest BCUT2D eigenvalue weighted by molar-refractivity contribution is -0.125. The summed E-state index contributed by atoms with van der Waals surface area (Å²) in [4.78, 5) is 15.5. The van der Waals surface area contributed by atoms with E-state index in [0.29, 0.717) is 19.5 Å². The molecule has 1 amide bonds. The number of benzene rings is 1. The van der Waals surface area contributed by atoms with E-state index in [1.165, 1.54) is 6.07 Å². The van der Waals surface area contributed by atoms with Crippen LogP contribution in [0, 0.1) is 11.7 Å². The lowest BCUT2D eigenvalue weighted by atomic mass is 9.86. The molecule has 4 nitrogen and oxygen atoms in total. The third-order valence-electron chi connectivity index (χ3n) is 4.20. The summed E-state index contributed by atoms with van der Waals surface area (Å²) in [5, 5.41) is 3.84. The Morgan fingerprint density at radius 3 is 3.14 bits per heavy atom. The van der Waals surface area contributed by atoms with Crippen molar-refractivity contribution in [2.45, 2.75) is 25.7 Å². The molecule has 0 bridgehead atoms. The number of nitrogens with two attached hydrogens (primary N) is 1. The third-order valence-corrected chi connectivity index (χ3v) is 4.20. The minimum atomic E-state index is -0.237. The number of hydrogen-bond acceptors (Lipinski definition) is 2. The first-order chi connectivity index (χ1) is 10.2. The van der Waals surface area contributed by atoms with E-state index in [4.69, 9.17) is 5.73 Å². The molecule has 0 saturated heterocycles. The van der Waals surface area contributed by atoms with Crippen LogP contribution >= 0.6 is 0 Å². The molecular weight excluding hydrogens is 269 g/mol. The number of fused-ring (bicyclic) bond motifs is 3. The van der Waals surface area contributed by atoms with Crippen LogP contribution in [0.2, 0.25) is 0 Å². The molecular formula is C16H20FN3O. The smallest absolute Gasteiger partial charge is 0.223 e. The second-order valence-electron chi connectivity index (χ2n) is 5.64. The number of hydrogen-bond donors (Lipinski definition) is 3. The molecule has 1 aliphatic rings. The van der Waals surface area contributed by atoms with E-state index in [1.54, 1.807) is 12.1 Å². The number of halogens is 1. The number of H-pyrrole nitrogens is 1. The zero-order chi connectivity index (χ0) is 14.8. The summed E-state index contributed by atoms with van der Waals surface area (Å²) in [6.45, 7) is 1.21. The number of aromatic nitrogens is 1. The van der Waals surface area contributed by atoms with Gasteiger partial charge in [0.1, 0.15) is 5.82 Å². The molecule has 1 atom stereocenters. The monoisotopic (exact) mass is 289 g/mol. The average Bonchev–Trinajstić information content (AvgIpc) is 2.84. The second kappa shape index (κ2) is 5.85. The topological polar surface area (TPSA) is 70.9 Å². The van der Waals surface area contributed by atoms with Gasteiger partial charge >= 0.3 is 0 Å². The molecule has 1 aromatic carbocycles. The Labute approximate surface area is 122 Å². The highest BCUT2D eigenvalue weighted by molar-refractivity contribution is 5.87. The van der Waals surface area contributed by atoms with Crippen molar-refractivity contribution in [1.29, 1.82) is 0 Å². The lowest BCUT2D eigenvalue weighted by Crippen LogP contribution is -2.35. The summed E-state index contributed by atoms with van der Waals surface area (Å²) in [5.74, 6) is -0.184. The van der Waals surface area contributed by atoms with E-state index in [2.05, 4.69) is 10.3 Å². The number of nitrogens with one attached hydrogen (secondary N) is 2. The van der Waals surface area contributed by atoms with E-state index < -0.39 is 0 Å². The number of rotatable bonds is 4. The average molecular weight is 289 g/mol. The minimum Gasteiger partial charge on any atom is -0.358 e. The highest BCUT2D eigenvalue weighted by atomic mass is 19.1. The lowest BCUT2D eigenvalue weighted by Gasteiger charge is -2.21. The van der Waals surface area contributed by atoms with Gasteiger partial charge in [0, 0.05) is 29.1 Å². The van der Waals surface area contributed by atoms with Crippen molar-refractivity contribution in [2.75, 3.05) is 13.1 Å². The third kappa shape index (κ3) is 2.78. The van der Waals surface area contributed by atoms with Crippen LogP contribution in [-0.2, 0) is 17.6 Å². The molecule has 112 valence electrons. The summed E-state index contributed by atoms with van der Waals surface area (Å²) < 4.78 is 13.4. The zero-order valence-electron chi connectivity index (χ0n) is 11.9. The fraction of sp³-hybridized carbons (Fsp3) is 0.438. The van der Waals surface area contributed by atoms with Crippen molar-refractivity contribution in [2.24, 2.45) is 11.7 Å². The maximum Gasteiger partial charge on any atom is 0.223 e. The first-order valence-electron chi connectivity index (χ1n) is 7.46. The molecule has 21 heavy (non-hydrogen) atoms. The van der Waals surface area contributed by atoms with Crippen LogP contribution in [0.3, 0.4) is 0 Å². The highest BCUT2D eigenvalue weighted by Gasteiger charge is 2.27. The molecule has 2 aromatic rings. The first-order valence-corrected chi connectivity index (χ1v) is 7.46. The molecule has 0 fully saturated rings. The van der Waals surface area contributed by atoms with Crippen LogP contribution in [0.15, 0.2) is 18.2 Å². The SMILES string of the molecule is NCCCNC(=O)C1CCc2[nH]c3ccc(F)cc3c2C1. The van der Waals surface area contributed by atoms with Crippen molar-refractivity contribution >= 4 is 16.8 Å². The van der Waals surface area contributed by atoms with E-state index in [0.717, 1.165) is 41.4 Å². The maximum atomic E-state index is 13.4. The molecule has 0 aliphatic heterocycles. The quantitative estimate of drug-likeness (QED) is 0.752. The molecule has 3 rings (SSSR count). The first kappa shape index (κ1) is 14.1. The van der Waals surface area contributed by atoms with Crippen LogP contribution in [0.5, 0.6) is 0 Å². The fourth-order valence-electron chi connectivity index (χ4n) is 3.07. The van der Waals surface area contributed by atoms with Crippen molar-refractivity contribution in [3.8, 4) is 0 Å². The van der Waals surface area contributed by atoms with Gasteiger partial charge in [-0.3, -0.25) is 4.79 Å². The fourth-order valence-corrected chi connectivity index (χ4v) is 3.07. The van der Waals surface area contributed by atoms with Gasteiger partial charge in [-0.1, -0.05) is 0 Å².